The molecular formula is C14H15N3OS. The van der Waals surface area contributed by atoms with Gasteiger partial charge in [0.25, 0.3) is 0 Å². The molecule has 0 spiro atoms. The zero-order valence-electron chi connectivity index (χ0n) is 10.9. The summed E-state index contributed by atoms with van der Waals surface area (Å²) >= 11 is 1.65. The molecule has 0 aliphatic rings. The van der Waals surface area contributed by atoms with Crippen molar-refractivity contribution in [2.75, 3.05) is 11.9 Å². The van der Waals surface area contributed by atoms with Gasteiger partial charge in [-0.1, -0.05) is 6.07 Å². The Labute approximate surface area is 116 Å². The minimum Gasteiger partial charge on any atom is -0.479 e. The average molecular weight is 273 g/mol. The smallest absolute Gasteiger partial charge is 0.174 e. The van der Waals surface area contributed by atoms with Crippen molar-refractivity contribution in [2.24, 2.45) is 0 Å². The van der Waals surface area contributed by atoms with E-state index in [0.717, 1.165) is 11.4 Å². The number of nitriles is 1. The first-order valence-electron chi connectivity index (χ1n) is 5.97. The quantitative estimate of drug-likeness (QED) is 0.905. The van der Waals surface area contributed by atoms with Gasteiger partial charge in [-0.25, -0.2) is 4.98 Å². The van der Waals surface area contributed by atoms with Crippen LogP contribution in [0.25, 0.3) is 0 Å². The highest BCUT2D eigenvalue weighted by Gasteiger charge is 2.10. The van der Waals surface area contributed by atoms with E-state index >= 15 is 0 Å². The van der Waals surface area contributed by atoms with Crippen LogP contribution in [-0.4, -0.2) is 11.6 Å². The molecule has 1 N–H and O–H groups in total. The number of hydrogen-bond acceptors (Lipinski definition) is 5. The molecule has 19 heavy (non-hydrogen) atoms. The van der Waals surface area contributed by atoms with Gasteiger partial charge in [0.1, 0.15) is 11.8 Å². The highest BCUT2D eigenvalue weighted by atomic mass is 32.1. The summed E-state index contributed by atoms with van der Waals surface area (Å²) < 4.78 is 5.28. The zero-order valence-corrected chi connectivity index (χ0v) is 11.7. The monoisotopic (exact) mass is 273 g/mol. The summed E-state index contributed by atoms with van der Waals surface area (Å²) in [5.41, 5.74) is 3.88. The molecular weight excluding hydrogens is 258 g/mol. The van der Waals surface area contributed by atoms with E-state index in [0.29, 0.717) is 5.75 Å². The number of benzene rings is 1. The third-order valence-electron chi connectivity index (χ3n) is 2.70. The van der Waals surface area contributed by atoms with E-state index in [4.69, 9.17) is 10.00 Å². The lowest BCUT2D eigenvalue weighted by Crippen LogP contribution is -2.06. The van der Waals surface area contributed by atoms with Crippen LogP contribution in [0.4, 0.5) is 5.69 Å². The van der Waals surface area contributed by atoms with Gasteiger partial charge in [-0.05, 0) is 26.0 Å². The second-order valence-corrected chi connectivity index (χ2v) is 5.03. The number of rotatable bonds is 5. The Morgan fingerprint density at radius 2 is 2.37 bits per heavy atom. The van der Waals surface area contributed by atoms with Gasteiger partial charge < -0.3 is 10.1 Å². The second-order valence-electron chi connectivity index (χ2n) is 4.14. The molecule has 5 heteroatoms. The highest BCUT2D eigenvalue weighted by molar-refractivity contribution is 7.09. The van der Waals surface area contributed by atoms with Crippen LogP contribution in [0.3, 0.4) is 0 Å². The van der Waals surface area contributed by atoms with Crippen LogP contribution in [-0.2, 0) is 0 Å². The first-order valence-corrected chi connectivity index (χ1v) is 6.85. The fourth-order valence-electron chi connectivity index (χ4n) is 1.83. The van der Waals surface area contributed by atoms with Gasteiger partial charge in [0.05, 0.1) is 17.2 Å². The van der Waals surface area contributed by atoms with Crippen molar-refractivity contribution >= 4 is 17.0 Å². The van der Waals surface area contributed by atoms with Crippen molar-refractivity contribution in [1.82, 2.24) is 4.98 Å². The summed E-state index contributed by atoms with van der Waals surface area (Å²) in [4.78, 5) is 5.48. The molecule has 2 rings (SSSR count). The molecule has 0 aliphatic heterocycles. The minimum atomic E-state index is 0.0625. The maximum Gasteiger partial charge on any atom is 0.174 e. The first-order chi connectivity index (χ1) is 9.20. The Morgan fingerprint density at radius 1 is 1.53 bits per heavy atom. The molecule has 0 amide bonds. The lowest BCUT2D eigenvalue weighted by Gasteiger charge is -2.15. The molecule has 1 atom stereocenters. The van der Waals surface area contributed by atoms with Crippen molar-refractivity contribution in [1.29, 1.82) is 5.26 Å². The maximum absolute atomic E-state index is 8.50. The van der Waals surface area contributed by atoms with Gasteiger partial charge in [0, 0.05) is 16.6 Å². The molecule has 0 bridgehead atoms. The number of nitrogens with one attached hydrogen (secondary N) is 1. The summed E-state index contributed by atoms with van der Waals surface area (Å²) in [7, 11) is 0. The topological polar surface area (TPSA) is 57.9 Å². The molecule has 1 aromatic heterocycles. The van der Waals surface area contributed by atoms with Crippen molar-refractivity contribution in [3.05, 3.63) is 40.3 Å². The largest absolute Gasteiger partial charge is 0.479 e. The molecule has 0 fully saturated rings. The van der Waals surface area contributed by atoms with Crippen LogP contribution in [0, 0.1) is 18.3 Å². The second kappa shape index (κ2) is 6.21. The number of hydrogen-bond donors (Lipinski definition) is 1. The summed E-state index contributed by atoms with van der Waals surface area (Å²) in [6.45, 7) is 4.17. The molecule has 98 valence electrons. The molecule has 1 aromatic carbocycles. The zero-order chi connectivity index (χ0) is 13.7. The van der Waals surface area contributed by atoms with E-state index in [1.165, 1.54) is 4.88 Å². The normalized spacial score (nSPS) is 11.6. The number of anilines is 1. The van der Waals surface area contributed by atoms with Crippen LogP contribution in [0.15, 0.2) is 29.8 Å². The molecule has 0 saturated heterocycles. The molecule has 0 radical (unpaired) electrons. The SMILES string of the molecule is Cc1ncsc1C(C)Nc1cccc(OCC#N)c1. The van der Waals surface area contributed by atoms with Crippen LogP contribution in [0.5, 0.6) is 5.75 Å². The number of ether oxygens (including phenoxy) is 1. The molecule has 1 heterocycles. The average Bonchev–Trinajstić information content (AvgIpc) is 2.83. The summed E-state index contributed by atoms with van der Waals surface area (Å²) in [6, 6.07) is 9.76. The Hall–Kier alpha value is -2.06. The summed E-state index contributed by atoms with van der Waals surface area (Å²) in [6.07, 6.45) is 0. The Morgan fingerprint density at radius 3 is 3.05 bits per heavy atom. The molecule has 2 aromatic rings. The van der Waals surface area contributed by atoms with Gasteiger partial charge >= 0.3 is 0 Å². The van der Waals surface area contributed by atoms with Crippen LogP contribution in [0.1, 0.15) is 23.5 Å². The Bertz CT molecular complexity index is 588. The lowest BCUT2D eigenvalue weighted by atomic mass is 10.2. The predicted octanol–water partition coefficient (Wildman–Crippen LogP) is 3.53. The van der Waals surface area contributed by atoms with Gasteiger partial charge in [-0.2, -0.15) is 5.26 Å². The van der Waals surface area contributed by atoms with Gasteiger partial charge in [-0.3, -0.25) is 0 Å². The van der Waals surface area contributed by atoms with E-state index in [1.54, 1.807) is 11.3 Å². The van der Waals surface area contributed by atoms with Gasteiger partial charge in [-0.15, -0.1) is 11.3 Å². The Balaban J connectivity index is 2.07. The van der Waals surface area contributed by atoms with Crippen LogP contribution >= 0.6 is 11.3 Å². The molecule has 0 saturated carbocycles. The van der Waals surface area contributed by atoms with E-state index < -0.39 is 0 Å². The standard InChI is InChI=1S/C14H15N3OS/c1-10-14(19-9-16-10)11(2)17-12-4-3-5-13(8-12)18-7-6-15/h3-5,8-9,11,17H,7H2,1-2H3. The predicted molar refractivity (Wildman–Crippen MR) is 76.4 cm³/mol. The molecule has 4 nitrogen and oxygen atoms in total. The van der Waals surface area contributed by atoms with Crippen molar-refractivity contribution in [3.8, 4) is 11.8 Å². The fourth-order valence-corrected chi connectivity index (χ4v) is 2.64. The Kier molecular flexibility index (Phi) is 4.37. The minimum absolute atomic E-state index is 0.0625. The van der Waals surface area contributed by atoms with Crippen molar-refractivity contribution < 1.29 is 4.74 Å². The number of nitrogens with zero attached hydrogens (tertiary/aromatic N) is 2. The highest BCUT2D eigenvalue weighted by Crippen LogP contribution is 2.26. The van der Waals surface area contributed by atoms with Crippen LogP contribution < -0.4 is 10.1 Å². The third-order valence-corrected chi connectivity index (χ3v) is 3.81. The van der Waals surface area contributed by atoms with Gasteiger partial charge in [0.15, 0.2) is 6.61 Å². The molecule has 0 aliphatic carbocycles. The van der Waals surface area contributed by atoms with Gasteiger partial charge in [0.2, 0.25) is 0 Å². The van der Waals surface area contributed by atoms with E-state index in [2.05, 4.69) is 17.2 Å². The van der Waals surface area contributed by atoms with E-state index in [9.17, 15) is 0 Å². The van der Waals surface area contributed by atoms with Crippen molar-refractivity contribution in [3.63, 3.8) is 0 Å². The van der Waals surface area contributed by atoms with Crippen molar-refractivity contribution in [2.45, 2.75) is 19.9 Å². The van der Waals surface area contributed by atoms with E-state index in [1.807, 2.05) is 42.8 Å². The summed E-state index contributed by atoms with van der Waals surface area (Å²) in [5, 5.41) is 11.9. The number of thiazole rings is 1. The number of aromatic nitrogens is 1. The maximum atomic E-state index is 8.50. The van der Waals surface area contributed by atoms with Crippen LogP contribution in [0.2, 0.25) is 0 Å². The summed E-state index contributed by atoms with van der Waals surface area (Å²) in [5.74, 6) is 0.694. The third kappa shape index (κ3) is 3.46. The molecule has 1 unspecified atom stereocenters. The first kappa shape index (κ1) is 13.4. The fraction of sp³-hybridized carbons (Fsp3) is 0.286. The lowest BCUT2D eigenvalue weighted by molar-refractivity contribution is 0.368. The number of aryl methyl sites for hydroxylation is 1. The van der Waals surface area contributed by atoms with E-state index in [-0.39, 0.29) is 12.6 Å².